The van der Waals surface area contributed by atoms with Crippen LogP contribution in [-0.2, 0) is 6.61 Å². The summed E-state index contributed by atoms with van der Waals surface area (Å²) in [5, 5.41) is 4.84. The van der Waals surface area contributed by atoms with Crippen LogP contribution < -0.4 is 19.6 Å². The number of carbonyl (C=O) groups is 1. The zero-order valence-corrected chi connectivity index (χ0v) is 22.8. The summed E-state index contributed by atoms with van der Waals surface area (Å²) in [6, 6.07) is 18.7. The molecule has 0 unspecified atom stereocenters. The zero-order chi connectivity index (χ0) is 24.8. The first-order valence-electron chi connectivity index (χ1n) is 10.7. The van der Waals surface area contributed by atoms with Gasteiger partial charge in [-0.3, -0.25) is 4.79 Å². The number of nitrogens with one attached hydrogen (secondary N) is 1. The van der Waals surface area contributed by atoms with Gasteiger partial charge in [0.1, 0.15) is 17.9 Å². The van der Waals surface area contributed by atoms with Crippen LogP contribution in [0.3, 0.4) is 0 Å². The minimum absolute atomic E-state index is 0.154. The summed E-state index contributed by atoms with van der Waals surface area (Å²) in [4.78, 5) is 12.5. The van der Waals surface area contributed by atoms with E-state index in [0.717, 1.165) is 21.2 Å². The Bertz CT molecular complexity index is 1370. The van der Waals surface area contributed by atoms with E-state index in [0.29, 0.717) is 35.9 Å². The van der Waals surface area contributed by atoms with Crippen molar-refractivity contribution in [1.82, 2.24) is 5.43 Å². The number of hydrogen-bond donors (Lipinski definition) is 1. The molecule has 0 aliphatic rings. The van der Waals surface area contributed by atoms with Gasteiger partial charge in [-0.2, -0.15) is 5.10 Å². The highest BCUT2D eigenvalue weighted by Crippen LogP contribution is 2.33. The van der Waals surface area contributed by atoms with Crippen molar-refractivity contribution < 1.29 is 23.4 Å². The lowest BCUT2D eigenvalue weighted by Gasteiger charge is -2.13. The van der Waals surface area contributed by atoms with Gasteiger partial charge in [0.25, 0.3) is 0 Å². The lowest BCUT2D eigenvalue weighted by Crippen LogP contribution is -2.16. The summed E-state index contributed by atoms with van der Waals surface area (Å²) in [5.74, 6) is 1.55. The second-order valence-corrected chi connectivity index (χ2v) is 9.48. The Morgan fingerprint density at radius 2 is 1.89 bits per heavy atom. The number of hydrazone groups is 1. The fourth-order valence-electron chi connectivity index (χ4n) is 3.27. The molecule has 180 valence electrons. The van der Waals surface area contributed by atoms with Gasteiger partial charge < -0.3 is 18.6 Å². The van der Waals surface area contributed by atoms with Crippen molar-refractivity contribution in [2.75, 3.05) is 13.7 Å². The van der Waals surface area contributed by atoms with E-state index in [4.69, 9.17) is 18.6 Å². The van der Waals surface area contributed by atoms with Crippen LogP contribution in [0.1, 0.15) is 28.6 Å². The van der Waals surface area contributed by atoms with Crippen LogP contribution in [0, 0.1) is 3.57 Å². The fraction of sp³-hybridized carbons (Fsp3) is 0.154. The fourth-order valence-corrected chi connectivity index (χ4v) is 4.05. The molecule has 9 heteroatoms. The Kier molecular flexibility index (Phi) is 8.29. The Balaban J connectivity index is 1.43. The van der Waals surface area contributed by atoms with E-state index in [1.807, 2.05) is 43.3 Å². The average Bonchev–Trinajstić information content (AvgIpc) is 3.28. The molecule has 0 saturated heterocycles. The maximum Gasteiger partial charge on any atom is 0.307 e. The number of fused-ring (bicyclic) bond motifs is 1. The number of carbonyl (C=O) groups excluding carboxylic acids is 1. The van der Waals surface area contributed by atoms with Crippen molar-refractivity contribution in [1.29, 1.82) is 0 Å². The molecule has 35 heavy (non-hydrogen) atoms. The van der Waals surface area contributed by atoms with Gasteiger partial charge in [-0.25, -0.2) is 5.43 Å². The highest BCUT2D eigenvalue weighted by molar-refractivity contribution is 14.1. The van der Waals surface area contributed by atoms with Gasteiger partial charge in [0, 0.05) is 19.0 Å². The molecule has 1 aromatic heterocycles. The van der Waals surface area contributed by atoms with Crippen LogP contribution in [0.4, 0.5) is 0 Å². The first-order chi connectivity index (χ1) is 17.0. The molecule has 0 atom stereocenters. The van der Waals surface area contributed by atoms with Crippen molar-refractivity contribution in [3.63, 3.8) is 0 Å². The summed E-state index contributed by atoms with van der Waals surface area (Å²) in [6.45, 7) is 2.88. The number of halogens is 2. The number of furan rings is 1. The van der Waals surface area contributed by atoms with E-state index in [9.17, 15) is 4.79 Å². The van der Waals surface area contributed by atoms with Crippen LogP contribution in [0.15, 0.2) is 74.7 Å². The SMILES string of the molecule is CCOc1ccc2oc(C(=O)N/N=C/c3cc(OC)c(OCc4ccc(I)cc4)cc3Br)cc2c1. The van der Waals surface area contributed by atoms with E-state index >= 15 is 0 Å². The van der Waals surface area contributed by atoms with Crippen LogP contribution in [-0.4, -0.2) is 25.8 Å². The standard InChI is InChI=1S/C26H22BrIN2O5/c1-3-33-20-8-9-22-17(10-20)11-25(35-22)26(31)30-29-14-18-12-23(32-2)24(13-21(18)27)34-15-16-4-6-19(28)7-5-16/h4-14H,3,15H2,1-2H3,(H,30,31)/b29-14+. The molecule has 3 aromatic carbocycles. The summed E-state index contributed by atoms with van der Waals surface area (Å²) in [6.07, 6.45) is 1.52. The molecule has 1 amide bonds. The molecule has 0 fully saturated rings. The summed E-state index contributed by atoms with van der Waals surface area (Å²) < 4.78 is 24.4. The molecule has 4 aromatic rings. The number of rotatable bonds is 9. The molecule has 0 radical (unpaired) electrons. The minimum atomic E-state index is -0.462. The lowest BCUT2D eigenvalue weighted by molar-refractivity contribution is 0.0929. The third-order valence-corrected chi connectivity index (χ3v) is 6.39. The third-order valence-electron chi connectivity index (χ3n) is 4.98. The highest BCUT2D eigenvalue weighted by atomic mass is 127. The quantitative estimate of drug-likeness (QED) is 0.126. The van der Waals surface area contributed by atoms with Crippen LogP contribution in [0.25, 0.3) is 11.0 Å². The smallest absolute Gasteiger partial charge is 0.307 e. The molecule has 1 N–H and O–H groups in total. The van der Waals surface area contributed by atoms with E-state index in [1.54, 1.807) is 31.4 Å². The Morgan fingerprint density at radius 3 is 2.63 bits per heavy atom. The van der Waals surface area contributed by atoms with Crippen molar-refractivity contribution in [2.45, 2.75) is 13.5 Å². The second-order valence-electron chi connectivity index (χ2n) is 7.38. The van der Waals surface area contributed by atoms with Crippen molar-refractivity contribution >= 4 is 61.6 Å². The maximum atomic E-state index is 12.5. The molecule has 0 spiro atoms. The van der Waals surface area contributed by atoms with Crippen molar-refractivity contribution in [2.24, 2.45) is 5.10 Å². The molecule has 0 aliphatic carbocycles. The largest absolute Gasteiger partial charge is 0.494 e. The first kappa shape index (κ1) is 25.1. The lowest BCUT2D eigenvalue weighted by atomic mass is 10.2. The molecule has 0 bridgehead atoms. The topological polar surface area (TPSA) is 82.3 Å². The predicted octanol–water partition coefficient (Wildman–Crippen LogP) is 6.55. The number of ether oxygens (including phenoxy) is 3. The number of hydrogen-bond acceptors (Lipinski definition) is 6. The Morgan fingerprint density at radius 1 is 1.09 bits per heavy atom. The molecule has 7 nitrogen and oxygen atoms in total. The molecule has 1 heterocycles. The van der Waals surface area contributed by atoms with Gasteiger partial charge in [0.05, 0.1) is 19.9 Å². The molecular formula is C26H22BrIN2O5. The summed E-state index contributed by atoms with van der Waals surface area (Å²) >= 11 is 5.80. The minimum Gasteiger partial charge on any atom is -0.494 e. The van der Waals surface area contributed by atoms with Gasteiger partial charge in [-0.05, 0) is 99.5 Å². The zero-order valence-electron chi connectivity index (χ0n) is 19.0. The summed E-state index contributed by atoms with van der Waals surface area (Å²) in [5.41, 5.74) is 4.84. The van der Waals surface area contributed by atoms with Crippen LogP contribution >= 0.6 is 38.5 Å². The molecule has 4 rings (SSSR count). The van der Waals surface area contributed by atoms with Gasteiger partial charge >= 0.3 is 5.91 Å². The number of nitrogens with zero attached hydrogens (tertiary/aromatic N) is 1. The van der Waals surface area contributed by atoms with Gasteiger partial charge in [-0.1, -0.05) is 12.1 Å². The first-order valence-corrected chi connectivity index (χ1v) is 12.6. The molecule has 0 aliphatic heterocycles. The van der Waals surface area contributed by atoms with Crippen LogP contribution in [0.5, 0.6) is 17.2 Å². The Labute approximate surface area is 224 Å². The van der Waals surface area contributed by atoms with Crippen LogP contribution in [0.2, 0.25) is 0 Å². The number of benzene rings is 3. The second kappa shape index (κ2) is 11.6. The predicted molar refractivity (Wildman–Crippen MR) is 147 cm³/mol. The normalized spacial score (nSPS) is 11.1. The Hall–Kier alpha value is -3.05. The number of methoxy groups -OCH3 is 1. The van der Waals surface area contributed by atoms with Gasteiger partial charge in [0.2, 0.25) is 0 Å². The van der Waals surface area contributed by atoms with E-state index in [2.05, 4.69) is 49.0 Å². The van der Waals surface area contributed by atoms with Gasteiger partial charge in [-0.15, -0.1) is 0 Å². The van der Waals surface area contributed by atoms with Crippen molar-refractivity contribution in [3.8, 4) is 17.2 Å². The maximum absolute atomic E-state index is 12.5. The highest BCUT2D eigenvalue weighted by Gasteiger charge is 2.13. The van der Waals surface area contributed by atoms with E-state index < -0.39 is 5.91 Å². The third kappa shape index (κ3) is 6.34. The molecular weight excluding hydrogens is 627 g/mol. The summed E-state index contributed by atoms with van der Waals surface area (Å²) in [7, 11) is 1.57. The van der Waals surface area contributed by atoms with Crippen molar-refractivity contribution in [3.05, 3.63) is 85.6 Å². The van der Waals surface area contributed by atoms with E-state index in [-0.39, 0.29) is 5.76 Å². The number of amides is 1. The monoisotopic (exact) mass is 648 g/mol. The van der Waals surface area contributed by atoms with Gasteiger partial charge in [0.15, 0.2) is 17.3 Å². The van der Waals surface area contributed by atoms with E-state index in [1.165, 1.54) is 9.78 Å². The average molecular weight is 649 g/mol. The molecule has 0 saturated carbocycles.